The van der Waals surface area contributed by atoms with Crippen LogP contribution in [0.1, 0.15) is 37.8 Å². The van der Waals surface area contributed by atoms with Crippen LogP contribution >= 0.6 is 0 Å². The molecule has 0 spiro atoms. The Bertz CT molecular complexity index is 375. The van der Waals surface area contributed by atoms with Crippen molar-refractivity contribution in [3.63, 3.8) is 0 Å². The van der Waals surface area contributed by atoms with Gasteiger partial charge in [0.2, 0.25) is 0 Å². The fraction of sp³-hybridized carbons (Fsp3) is 0.727. The van der Waals surface area contributed by atoms with Crippen molar-refractivity contribution in [1.29, 1.82) is 0 Å². The van der Waals surface area contributed by atoms with Gasteiger partial charge in [-0.3, -0.25) is 4.68 Å². The molecule has 4 heteroatoms. The van der Waals surface area contributed by atoms with Gasteiger partial charge in [-0.2, -0.15) is 5.10 Å². The van der Waals surface area contributed by atoms with Gasteiger partial charge in [-0.1, -0.05) is 0 Å². The van der Waals surface area contributed by atoms with Crippen molar-refractivity contribution < 1.29 is 4.74 Å². The van der Waals surface area contributed by atoms with Crippen LogP contribution in [-0.2, 0) is 10.3 Å². The molecule has 2 heterocycles. The molecule has 1 aliphatic heterocycles. The van der Waals surface area contributed by atoms with Crippen LogP contribution in [-0.4, -0.2) is 23.0 Å². The quantitative estimate of drug-likeness (QED) is 0.799. The van der Waals surface area contributed by atoms with Gasteiger partial charge in [-0.25, -0.2) is 0 Å². The first-order valence-corrected chi connectivity index (χ1v) is 5.62. The Morgan fingerprint density at radius 1 is 1.60 bits per heavy atom. The normalized spacial score (nSPS) is 31.0. The highest BCUT2D eigenvalue weighted by atomic mass is 16.5. The first kappa shape index (κ1) is 9.21. The summed E-state index contributed by atoms with van der Waals surface area (Å²) in [6.45, 7) is 3.76. The van der Waals surface area contributed by atoms with Crippen molar-refractivity contribution in [3.05, 3.63) is 11.9 Å². The molecule has 1 aliphatic carbocycles. The minimum atomic E-state index is 0.0151. The highest BCUT2D eigenvalue weighted by molar-refractivity contribution is 5.44. The maximum absolute atomic E-state index is 5.98. The lowest BCUT2D eigenvalue weighted by Gasteiger charge is -2.22. The highest BCUT2D eigenvalue weighted by Gasteiger charge is 2.35. The zero-order valence-electron chi connectivity index (χ0n) is 9.07. The predicted molar refractivity (Wildman–Crippen MR) is 57.7 cm³/mol. The number of nitrogen functional groups attached to an aromatic ring is 1. The zero-order valence-corrected chi connectivity index (χ0v) is 9.07. The molecule has 0 bridgehead atoms. The molecule has 0 aromatic carbocycles. The summed E-state index contributed by atoms with van der Waals surface area (Å²) in [5, 5.41) is 4.64. The second kappa shape index (κ2) is 2.98. The number of nitrogens with zero attached hydrogens (tertiary/aromatic N) is 2. The molecule has 4 nitrogen and oxygen atoms in total. The first-order valence-electron chi connectivity index (χ1n) is 5.62. The van der Waals surface area contributed by atoms with E-state index in [2.05, 4.69) is 12.0 Å². The van der Waals surface area contributed by atoms with Gasteiger partial charge in [-0.05, 0) is 26.2 Å². The van der Waals surface area contributed by atoms with Crippen molar-refractivity contribution >= 4 is 5.69 Å². The van der Waals surface area contributed by atoms with Crippen molar-refractivity contribution in [3.8, 4) is 0 Å². The third-order valence-corrected chi connectivity index (χ3v) is 3.49. The summed E-state index contributed by atoms with van der Waals surface area (Å²) in [5.74, 6) is 0.622. The van der Waals surface area contributed by atoms with Crippen molar-refractivity contribution in [2.24, 2.45) is 0 Å². The molecular weight excluding hydrogens is 190 g/mol. The van der Waals surface area contributed by atoms with Gasteiger partial charge in [0.15, 0.2) is 0 Å². The summed E-state index contributed by atoms with van der Waals surface area (Å²) in [5.41, 5.74) is 7.95. The molecule has 0 amide bonds. The summed E-state index contributed by atoms with van der Waals surface area (Å²) in [4.78, 5) is 0. The molecule has 15 heavy (non-hydrogen) atoms. The summed E-state index contributed by atoms with van der Waals surface area (Å²) in [6, 6.07) is 0. The van der Waals surface area contributed by atoms with Crippen molar-refractivity contribution in [1.82, 2.24) is 9.78 Å². The van der Waals surface area contributed by atoms with E-state index in [9.17, 15) is 0 Å². The van der Waals surface area contributed by atoms with Crippen LogP contribution in [0.4, 0.5) is 5.69 Å². The number of ether oxygens (including phenoxy) is 1. The molecule has 82 valence electrons. The Labute approximate surface area is 89.4 Å². The molecule has 1 unspecified atom stereocenters. The van der Waals surface area contributed by atoms with Gasteiger partial charge in [-0.15, -0.1) is 0 Å². The summed E-state index contributed by atoms with van der Waals surface area (Å²) < 4.78 is 7.45. The van der Waals surface area contributed by atoms with E-state index in [-0.39, 0.29) is 5.54 Å². The molecule has 2 aliphatic rings. The smallest absolute Gasteiger partial charge is 0.0884 e. The van der Waals surface area contributed by atoms with Crippen LogP contribution in [0.5, 0.6) is 0 Å². The SMILES string of the molecule is CC1(n2cc(N)c(C3CC3)n2)CCOC1. The lowest BCUT2D eigenvalue weighted by molar-refractivity contribution is 0.155. The van der Waals surface area contributed by atoms with E-state index in [1.54, 1.807) is 0 Å². The van der Waals surface area contributed by atoms with Gasteiger partial charge in [0.05, 0.1) is 23.5 Å². The minimum absolute atomic E-state index is 0.0151. The molecule has 2 fully saturated rings. The Morgan fingerprint density at radius 2 is 2.40 bits per heavy atom. The lowest BCUT2D eigenvalue weighted by Crippen LogP contribution is -2.30. The van der Waals surface area contributed by atoms with E-state index in [4.69, 9.17) is 10.5 Å². The number of rotatable bonds is 2. The van der Waals surface area contributed by atoms with Crippen molar-refractivity contribution in [2.45, 2.75) is 37.6 Å². The average Bonchev–Trinajstić information content (AvgIpc) is 2.83. The molecule has 1 saturated carbocycles. The number of hydrogen-bond donors (Lipinski definition) is 1. The fourth-order valence-corrected chi connectivity index (χ4v) is 2.19. The van der Waals surface area contributed by atoms with Crippen LogP contribution in [0.15, 0.2) is 6.20 Å². The fourth-order valence-electron chi connectivity index (χ4n) is 2.19. The Hall–Kier alpha value is -1.03. The molecule has 1 saturated heterocycles. The molecule has 1 atom stereocenters. The lowest BCUT2D eigenvalue weighted by atomic mass is 10.0. The second-order valence-corrected chi connectivity index (χ2v) is 4.99. The van der Waals surface area contributed by atoms with Gasteiger partial charge >= 0.3 is 0 Å². The van der Waals surface area contributed by atoms with Crippen molar-refractivity contribution in [2.75, 3.05) is 18.9 Å². The molecular formula is C11H17N3O. The van der Waals surface area contributed by atoms with Crippen LogP contribution in [0.3, 0.4) is 0 Å². The van der Waals surface area contributed by atoms with E-state index in [0.29, 0.717) is 5.92 Å². The van der Waals surface area contributed by atoms with Gasteiger partial charge in [0, 0.05) is 18.7 Å². The first-order chi connectivity index (χ1) is 7.19. The maximum atomic E-state index is 5.98. The molecule has 3 rings (SSSR count). The van der Waals surface area contributed by atoms with E-state index < -0.39 is 0 Å². The van der Waals surface area contributed by atoms with Crippen LogP contribution in [0.25, 0.3) is 0 Å². The Balaban J connectivity index is 1.94. The van der Waals surface area contributed by atoms with E-state index >= 15 is 0 Å². The van der Waals surface area contributed by atoms with Gasteiger partial charge in [0.1, 0.15) is 0 Å². The monoisotopic (exact) mass is 207 g/mol. The predicted octanol–water partition coefficient (Wildman–Crippen LogP) is 1.48. The number of nitrogens with two attached hydrogens (primary N) is 1. The summed E-state index contributed by atoms with van der Waals surface area (Å²) in [7, 11) is 0. The van der Waals surface area contributed by atoms with E-state index in [1.807, 2.05) is 10.9 Å². The van der Waals surface area contributed by atoms with Crippen LogP contribution in [0.2, 0.25) is 0 Å². The maximum Gasteiger partial charge on any atom is 0.0884 e. The van der Waals surface area contributed by atoms with E-state index in [0.717, 1.165) is 31.0 Å². The summed E-state index contributed by atoms with van der Waals surface area (Å²) >= 11 is 0. The highest BCUT2D eigenvalue weighted by Crippen LogP contribution is 2.42. The number of aromatic nitrogens is 2. The largest absolute Gasteiger partial charge is 0.396 e. The Morgan fingerprint density at radius 3 is 3.00 bits per heavy atom. The molecule has 1 aromatic rings. The standard InChI is InChI=1S/C11H17N3O/c1-11(4-5-15-7-11)14-6-9(12)10(13-14)8-2-3-8/h6,8H,2-5,7,12H2,1H3. The van der Waals surface area contributed by atoms with Gasteiger partial charge < -0.3 is 10.5 Å². The minimum Gasteiger partial charge on any atom is -0.396 e. The second-order valence-electron chi connectivity index (χ2n) is 4.99. The third kappa shape index (κ3) is 1.44. The topological polar surface area (TPSA) is 53.1 Å². The molecule has 1 aromatic heterocycles. The third-order valence-electron chi connectivity index (χ3n) is 3.49. The van der Waals surface area contributed by atoms with Crippen LogP contribution < -0.4 is 5.73 Å². The van der Waals surface area contributed by atoms with Crippen LogP contribution in [0, 0.1) is 0 Å². The number of anilines is 1. The molecule has 2 N–H and O–H groups in total. The Kier molecular flexibility index (Phi) is 1.83. The van der Waals surface area contributed by atoms with E-state index in [1.165, 1.54) is 12.8 Å². The zero-order chi connectivity index (χ0) is 10.5. The molecule has 0 radical (unpaired) electrons. The number of hydrogen-bond acceptors (Lipinski definition) is 3. The van der Waals surface area contributed by atoms with Gasteiger partial charge in [0.25, 0.3) is 0 Å². The summed E-state index contributed by atoms with van der Waals surface area (Å²) in [6.07, 6.45) is 5.49. The average molecular weight is 207 g/mol.